The average Bonchev–Trinajstić information content (AvgIpc) is 3.76. The van der Waals surface area contributed by atoms with E-state index in [1.165, 1.54) is 16.3 Å². The van der Waals surface area contributed by atoms with E-state index in [1.54, 1.807) is 24.3 Å². The molecule has 2 heteroatoms. The summed E-state index contributed by atoms with van der Waals surface area (Å²) in [6.07, 6.45) is 0. The van der Waals surface area contributed by atoms with Crippen molar-refractivity contribution in [1.82, 2.24) is 4.57 Å². The molecule has 0 saturated heterocycles. The van der Waals surface area contributed by atoms with Crippen LogP contribution < -0.4 is 4.90 Å². The fourth-order valence-electron chi connectivity index (χ4n) is 8.31. The Morgan fingerprint density at radius 1 is 0.290 bits per heavy atom. The van der Waals surface area contributed by atoms with Gasteiger partial charge in [0, 0.05) is 33.5 Å². The van der Waals surface area contributed by atoms with E-state index < -0.39 is 36.3 Å². The summed E-state index contributed by atoms with van der Waals surface area (Å²) in [6.45, 7) is 0. The molecule has 0 N–H and O–H groups in total. The van der Waals surface area contributed by atoms with Crippen LogP contribution in [0.4, 0.5) is 17.1 Å². The van der Waals surface area contributed by atoms with Gasteiger partial charge < -0.3 is 9.47 Å². The Morgan fingerprint density at radius 3 is 1.18 bits per heavy atom. The predicted octanol–water partition coefficient (Wildman–Crippen LogP) is 16.6. The maximum absolute atomic E-state index is 8.55. The summed E-state index contributed by atoms with van der Waals surface area (Å²) in [7, 11) is 0. The topological polar surface area (TPSA) is 8.17 Å². The van der Waals surface area contributed by atoms with Crippen molar-refractivity contribution in [1.29, 1.82) is 0 Å². The largest absolute Gasteiger partial charge is 0.311 e. The van der Waals surface area contributed by atoms with Gasteiger partial charge in [-0.3, -0.25) is 0 Å². The lowest BCUT2D eigenvalue weighted by atomic mass is 9.99. The molecule has 62 heavy (non-hydrogen) atoms. The number of fused-ring (bicyclic) bond motifs is 3. The SMILES string of the molecule is [2H]c1c([2H])c([2H])c(-c2ccc(N(c3ccc(-c4ccc(-c5ccc6c7ccccc7n(-c7ccc(-c8ccccc8)cc7)c6c5)cc4)cc3)c3ccc(-c4c([2H])c([2H])c([2H])c([2H])c4[2H])cc3)cc2)c([2H])c1[2H]. The molecule has 292 valence electrons. The summed E-state index contributed by atoms with van der Waals surface area (Å²) >= 11 is 0. The minimum absolute atomic E-state index is 0.103. The van der Waals surface area contributed by atoms with Gasteiger partial charge >= 0.3 is 0 Å². The maximum atomic E-state index is 8.55. The standard InChI is InChI=1S/C60H42N2/c1-4-12-43(13-5-1)47-24-33-53(34-25-47)61(54-35-26-48(27-36-54)44-14-6-2-7-15-44)55-37-28-50(29-38-55)46-20-22-51(23-21-46)52-32-41-58-57-18-10-11-19-59(57)62(60(58)42-52)56-39-30-49(31-40-56)45-16-8-3-9-17-45/h1-42H/i1D,2D,4D,5D,6D,7D,12D,13D,14D,15D. The molecule has 11 aromatic rings. The quantitative estimate of drug-likeness (QED) is 0.141. The van der Waals surface area contributed by atoms with Gasteiger partial charge in [-0.2, -0.15) is 0 Å². The number of rotatable bonds is 9. The van der Waals surface area contributed by atoms with Crippen LogP contribution in [0.15, 0.2) is 255 Å². The van der Waals surface area contributed by atoms with Crippen LogP contribution in [0.5, 0.6) is 0 Å². The summed E-state index contributed by atoms with van der Waals surface area (Å²) in [5.74, 6) is 0. The lowest BCUT2D eigenvalue weighted by molar-refractivity contribution is 1.18. The molecule has 0 unspecified atom stereocenters. The van der Waals surface area contributed by atoms with Gasteiger partial charge in [0.1, 0.15) is 0 Å². The Morgan fingerprint density at radius 2 is 0.661 bits per heavy atom. The zero-order valence-corrected chi connectivity index (χ0v) is 33.4. The maximum Gasteiger partial charge on any atom is 0.0629 e. The molecule has 1 aromatic heterocycles. The monoisotopic (exact) mass is 800 g/mol. The summed E-state index contributed by atoms with van der Waals surface area (Å²) in [4.78, 5) is 2.00. The number of nitrogens with zero attached hydrogens (tertiary/aromatic N) is 2. The average molecular weight is 801 g/mol. The Bertz CT molecular complexity index is 3700. The minimum atomic E-state index is -0.456. The number of aromatic nitrogens is 1. The summed E-state index contributed by atoms with van der Waals surface area (Å²) < 4.78 is 85.6. The molecular weight excluding hydrogens is 749 g/mol. The molecule has 0 bridgehead atoms. The fourth-order valence-corrected chi connectivity index (χ4v) is 8.31. The van der Waals surface area contributed by atoms with Gasteiger partial charge in [-0.15, -0.1) is 0 Å². The normalized spacial score (nSPS) is 13.5. The molecule has 0 spiro atoms. The summed E-state index contributed by atoms with van der Waals surface area (Å²) in [5, 5.41) is 2.38. The van der Waals surface area contributed by atoms with Crippen molar-refractivity contribution in [2.75, 3.05) is 4.90 Å². The summed E-state index contributed by atoms with van der Waals surface area (Å²) in [6, 6.07) is 61.5. The van der Waals surface area contributed by atoms with Crippen molar-refractivity contribution in [3.8, 4) is 61.3 Å². The number of benzene rings is 10. The lowest BCUT2D eigenvalue weighted by Gasteiger charge is -2.26. The van der Waals surface area contributed by atoms with Crippen molar-refractivity contribution >= 4 is 38.9 Å². The van der Waals surface area contributed by atoms with Crippen molar-refractivity contribution in [2.45, 2.75) is 0 Å². The molecular formula is C60H42N2. The fraction of sp³-hybridized carbons (Fsp3) is 0. The van der Waals surface area contributed by atoms with Gasteiger partial charge in [0.2, 0.25) is 0 Å². The number of para-hydroxylation sites is 1. The van der Waals surface area contributed by atoms with Crippen molar-refractivity contribution in [3.63, 3.8) is 0 Å². The molecule has 2 nitrogen and oxygen atoms in total. The lowest BCUT2D eigenvalue weighted by Crippen LogP contribution is -2.09. The first-order valence-corrected chi connectivity index (χ1v) is 20.4. The van der Waals surface area contributed by atoms with Gasteiger partial charge in [-0.05, 0) is 116 Å². The molecule has 0 aliphatic carbocycles. The highest BCUT2D eigenvalue weighted by atomic mass is 15.1. The van der Waals surface area contributed by atoms with E-state index in [1.807, 2.05) is 59.5 Å². The van der Waals surface area contributed by atoms with E-state index in [9.17, 15) is 0 Å². The van der Waals surface area contributed by atoms with Crippen molar-refractivity contribution < 1.29 is 13.7 Å². The molecule has 0 aliphatic rings. The zero-order valence-electron chi connectivity index (χ0n) is 43.4. The number of hydrogen-bond acceptors (Lipinski definition) is 1. The first-order chi connectivity index (χ1) is 34.9. The van der Waals surface area contributed by atoms with E-state index in [0.29, 0.717) is 22.5 Å². The van der Waals surface area contributed by atoms with Crippen LogP contribution in [-0.4, -0.2) is 4.57 Å². The van der Waals surface area contributed by atoms with Gasteiger partial charge in [-0.25, -0.2) is 0 Å². The second-order valence-electron chi connectivity index (χ2n) is 15.1. The number of hydrogen-bond donors (Lipinski definition) is 0. The molecule has 10 aromatic carbocycles. The Labute approximate surface area is 376 Å². The highest BCUT2D eigenvalue weighted by Crippen LogP contribution is 2.39. The van der Waals surface area contributed by atoms with Crippen LogP contribution in [0.3, 0.4) is 0 Å². The van der Waals surface area contributed by atoms with Crippen molar-refractivity contribution in [3.05, 3.63) is 255 Å². The van der Waals surface area contributed by atoms with Crippen LogP contribution >= 0.6 is 0 Å². The van der Waals surface area contributed by atoms with Crippen molar-refractivity contribution in [2.24, 2.45) is 0 Å². The van der Waals surface area contributed by atoms with Crippen LogP contribution in [0, 0.1) is 0 Å². The molecule has 11 rings (SSSR count). The van der Waals surface area contributed by atoms with Gasteiger partial charge in [0.25, 0.3) is 0 Å². The van der Waals surface area contributed by atoms with Gasteiger partial charge in [0.05, 0.1) is 24.7 Å². The third kappa shape index (κ3) is 7.04. The minimum Gasteiger partial charge on any atom is -0.311 e. The third-order valence-corrected chi connectivity index (χ3v) is 11.4. The third-order valence-electron chi connectivity index (χ3n) is 11.4. The second-order valence-corrected chi connectivity index (χ2v) is 15.1. The predicted molar refractivity (Wildman–Crippen MR) is 263 cm³/mol. The van der Waals surface area contributed by atoms with Crippen LogP contribution in [0.2, 0.25) is 0 Å². The molecule has 0 atom stereocenters. The van der Waals surface area contributed by atoms with E-state index in [2.05, 4.69) is 120 Å². The van der Waals surface area contributed by atoms with E-state index >= 15 is 0 Å². The molecule has 0 radical (unpaired) electrons. The smallest absolute Gasteiger partial charge is 0.0629 e. The molecule has 1 heterocycles. The van der Waals surface area contributed by atoms with Crippen LogP contribution in [0.25, 0.3) is 83.1 Å². The number of anilines is 3. The van der Waals surface area contributed by atoms with Gasteiger partial charge in [-0.1, -0.05) is 194 Å². The van der Waals surface area contributed by atoms with E-state index in [4.69, 9.17) is 13.7 Å². The highest BCUT2D eigenvalue weighted by Gasteiger charge is 2.16. The Kier molecular flexibility index (Phi) is 7.15. The molecule has 0 aliphatic heterocycles. The molecule has 0 fully saturated rings. The van der Waals surface area contributed by atoms with Crippen LogP contribution in [-0.2, 0) is 0 Å². The molecule has 0 saturated carbocycles. The van der Waals surface area contributed by atoms with Crippen LogP contribution in [0.1, 0.15) is 13.7 Å². The highest BCUT2D eigenvalue weighted by molar-refractivity contribution is 6.10. The van der Waals surface area contributed by atoms with E-state index in [-0.39, 0.29) is 35.3 Å². The second kappa shape index (κ2) is 16.1. The Balaban J connectivity index is 0.925. The first-order valence-electron chi connectivity index (χ1n) is 25.4. The summed E-state index contributed by atoms with van der Waals surface area (Å²) in [5.41, 5.74) is 13.2. The zero-order chi connectivity index (χ0) is 49.9. The van der Waals surface area contributed by atoms with E-state index in [0.717, 1.165) is 50.2 Å². The van der Waals surface area contributed by atoms with Gasteiger partial charge in [0.15, 0.2) is 0 Å². The molecule has 0 amide bonds. The Hall–Kier alpha value is -8.20. The first kappa shape index (κ1) is 27.5.